The molecule has 0 radical (unpaired) electrons. The van der Waals surface area contributed by atoms with Gasteiger partial charge in [0.05, 0.1) is 19.8 Å². The smallest absolute Gasteiger partial charge is 0.119 e. The number of morpholine rings is 1. The van der Waals surface area contributed by atoms with E-state index in [0.717, 1.165) is 41.9 Å². The Kier molecular flexibility index (Phi) is 6.05. The first-order valence-corrected chi connectivity index (χ1v) is 8.24. The molecule has 0 amide bonds. The van der Waals surface area contributed by atoms with E-state index in [1.165, 1.54) is 0 Å². The number of benzene rings is 1. The van der Waals surface area contributed by atoms with Gasteiger partial charge in [-0.3, -0.25) is 4.90 Å². The Morgan fingerprint density at radius 1 is 1.48 bits per heavy atom. The van der Waals surface area contributed by atoms with Gasteiger partial charge in [0.2, 0.25) is 0 Å². The van der Waals surface area contributed by atoms with Gasteiger partial charge in [-0.1, -0.05) is 15.9 Å². The largest absolute Gasteiger partial charge is 0.497 e. The van der Waals surface area contributed by atoms with Crippen molar-refractivity contribution in [2.75, 3.05) is 26.8 Å². The van der Waals surface area contributed by atoms with Crippen LogP contribution in [0.15, 0.2) is 22.7 Å². The molecule has 1 aliphatic heterocycles. The van der Waals surface area contributed by atoms with E-state index in [0.29, 0.717) is 6.04 Å². The molecule has 4 nitrogen and oxygen atoms in total. The van der Waals surface area contributed by atoms with Crippen LogP contribution in [0, 0.1) is 0 Å². The fourth-order valence-corrected chi connectivity index (χ4v) is 3.05. The topological polar surface area (TPSA) is 47.7 Å². The van der Waals surface area contributed by atoms with Crippen molar-refractivity contribution < 1.29 is 9.47 Å². The number of hydrogen-bond donors (Lipinski definition) is 1. The van der Waals surface area contributed by atoms with Crippen LogP contribution in [0.25, 0.3) is 0 Å². The summed E-state index contributed by atoms with van der Waals surface area (Å²) in [4.78, 5) is 2.43. The summed E-state index contributed by atoms with van der Waals surface area (Å²) in [6.07, 6.45) is 0.855. The summed E-state index contributed by atoms with van der Waals surface area (Å²) in [7, 11) is 1.68. The first-order chi connectivity index (χ1) is 10.0. The average molecular weight is 357 g/mol. The summed E-state index contributed by atoms with van der Waals surface area (Å²) >= 11 is 3.58. The lowest BCUT2D eigenvalue weighted by Crippen LogP contribution is -2.53. The Morgan fingerprint density at radius 2 is 2.24 bits per heavy atom. The molecule has 5 heteroatoms. The highest BCUT2D eigenvalue weighted by molar-refractivity contribution is 9.10. The highest BCUT2D eigenvalue weighted by atomic mass is 79.9. The molecule has 1 aromatic carbocycles. The van der Waals surface area contributed by atoms with Crippen molar-refractivity contribution in [2.24, 2.45) is 5.73 Å². The molecule has 1 aromatic rings. The molecule has 2 N–H and O–H groups in total. The molecule has 2 unspecified atom stereocenters. The number of ether oxygens (including phenoxy) is 2. The molecule has 1 saturated heterocycles. The maximum absolute atomic E-state index is 6.39. The van der Waals surface area contributed by atoms with Crippen LogP contribution in [0.4, 0.5) is 0 Å². The van der Waals surface area contributed by atoms with Crippen LogP contribution in [0.1, 0.15) is 19.4 Å². The fourth-order valence-electron chi connectivity index (χ4n) is 2.64. The third kappa shape index (κ3) is 4.42. The maximum atomic E-state index is 6.39. The summed E-state index contributed by atoms with van der Waals surface area (Å²) in [6.45, 7) is 7.08. The second-order valence-electron chi connectivity index (χ2n) is 5.82. The van der Waals surface area contributed by atoms with Gasteiger partial charge in [0.1, 0.15) is 5.75 Å². The number of nitrogens with two attached hydrogens (primary N) is 1. The number of methoxy groups -OCH3 is 1. The van der Waals surface area contributed by atoms with Crippen LogP contribution in [0.3, 0.4) is 0 Å². The normalized spacial score (nSPS) is 21.5. The van der Waals surface area contributed by atoms with Crippen molar-refractivity contribution in [3.05, 3.63) is 28.2 Å². The highest BCUT2D eigenvalue weighted by Gasteiger charge is 2.27. The van der Waals surface area contributed by atoms with Gasteiger partial charge < -0.3 is 15.2 Å². The van der Waals surface area contributed by atoms with Gasteiger partial charge in [-0.05, 0) is 44.0 Å². The van der Waals surface area contributed by atoms with Crippen LogP contribution in [0.5, 0.6) is 5.75 Å². The Balaban J connectivity index is 2.02. The Bertz CT molecular complexity index is 468. The summed E-state index contributed by atoms with van der Waals surface area (Å²) in [5, 5.41) is 0. The Hall–Kier alpha value is -0.620. The van der Waals surface area contributed by atoms with Crippen LogP contribution in [0.2, 0.25) is 0 Å². The molecular formula is C16H25BrN2O2. The van der Waals surface area contributed by atoms with Gasteiger partial charge in [0.15, 0.2) is 0 Å². The third-order valence-electron chi connectivity index (χ3n) is 4.04. The average Bonchev–Trinajstić information content (AvgIpc) is 2.49. The van der Waals surface area contributed by atoms with Crippen LogP contribution in [-0.2, 0) is 11.2 Å². The van der Waals surface area contributed by atoms with Gasteiger partial charge in [-0.15, -0.1) is 0 Å². The lowest BCUT2D eigenvalue weighted by atomic mass is 10.00. The van der Waals surface area contributed by atoms with E-state index in [4.69, 9.17) is 15.2 Å². The first kappa shape index (κ1) is 16.7. The van der Waals surface area contributed by atoms with E-state index in [1.807, 2.05) is 18.2 Å². The quantitative estimate of drug-likeness (QED) is 0.879. The maximum Gasteiger partial charge on any atom is 0.119 e. The number of halogens is 1. The standard InChI is InChI=1S/C16H25BrN2O2/c1-11(2)19-6-7-21-16(10-19)15(18)9-12-8-13(20-3)4-5-14(12)17/h4-5,8,11,15-16H,6-7,9-10,18H2,1-3H3. The summed E-state index contributed by atoms with van der Waals surface area (Å²) in [5.74, 6) is 0.855. The minimum atomic E-state index is -0.0186. The van der Waals surface area contributed by atoms with Gasteiger partial charge in [0.25, 0.3) is 0 Å². The van der Waals surface area contributed by atoms with E-state index in [1.54, 1.807) is 7.11 Å². The van der Waals surface area contributed by atoms with E-state index in [-0.39, 0.29) is 12.1 Å². The molecular weight excluding hydrogens is 332 g/mol. The fraction of sp³-hybridized carbons (Fsp3) is 0.625. The summed E-state index contributed by atoms with van der Waals surface area (Å²) < 4.78 is 12.2. The highest BCUT2D eigenvalue weighted by Crippen LogP contribution is 2.24. The van der Waals surface area contributed by atoms with Crippen molar-refractivity contribution >= 4 is 15.9 Å². The minimum Gasteiger partial charge on any atom is -0.497 e. The summed E-state index contributed by atoms with van der Waals surface area (Å²) in [5.41, 5.74) is 7.55. The second kappa shape index (κ2) is 7.58. The molecule has 0 spiro atoms. The Morgan fingerprint density at radius 3 is 2.90 bits per heavy atom. The minimum absolute atomic E-state index is 0.0186. The third-order valence-corrected chi connectivity index (χ3v) is 4.81. The zero-order valence-corrected chi connectivity index (χ0v) is 14.6. The van der Waals surface area contributed by atoms with Crippen LogP contribution in [-0.4, -0.2) is 49.9 Å². The number of nitrogens with zero attached hydrogens (tertiary/aromatic N) is 1. The molecule has 0 bridgehead atoms. The van der Waals surface area contributed by atoms with Gasteiger partial charge >= 0.3 is 0 Å². The molecule has 2 atom stereocenters. The van der Waals surface area contributed by atoms with Crippen molar-refractivity contribution in [1.82, 2.24) is 4.90 Å². The molecule has 1 fully saturated rings. The zero-order chi connectivity index (χ0) is 15.4. The molecule has 0 aromatic heterocycles. The van der Waals surface area contributed by atoms with Crippen LogP contribution >= 0.6 is 15.9 Å². The second-order valence-corrected chi connectivity index (χ2v) is 6.68. The number of hydrogen-bond acceptors (Lipinski definition) is 4. The van der Waals surface area contributed by atoms with E-state index in [2.05, 4.69) is 34.7 Å². The predicted octanol–water partition coefficient (Wildman–Crippen LogP) is 2.44. The van der Waals surface area contributed by atoms with Gasteiger partial charge in [0, 0.05) is 29.6 Å². The zero-order valence-electron chi connectivity index (χ0n) is 13.0. The number of rotatable bonds is 5. The predicted molar refractivity (Wildman–Crippen MR) is 88.8 cm³/mol. The van der Waals surface area contributed by atoms with Crippen molar-refractivity contribution in [3.8, 4) is 5.75 Å². The molecule has 118 valence electrons. The van der Waals surface area contributed by atoms with E-state index in [9.17, 15) is 0 Å². The SMILES string of the molecule is COc1ccc(Br)c(CC(N)C2CN(C(C)C)CCO2)c1. The lowest BCUT2D eigenvalue weighted by Gasteiger charge is -2.38. The van der Waals surface area contributed by atoms with Gasteiger partial charge in [-0.2, -0.15) is 0 Å². The van der Waals surface area contributed by atoms with Crippen LogP contribution < -0.4 is 10.5 Å². The van der Waals surface area contributed by atoms with Crippen molar-refractivity contribution in [1.29, 1.82) is 0 Å². The van der Waals surface area contributed by atoms with Gasteiger partial charge in [-0.25, -0.2) is 0 Å². The summed E-state index contributed by atoms with van der Waals surface area (Å²) in [6, 6.07) is 6.49. The van der Waals surface area contributed by atoms with E-state index >= 15 is 0 Å². The lowest BCUT2D eigenvalue weighted by molar-refractivity contribution is -0.0495. The molecule has 1 heterocycles. The molecule has 0 aliphatic carbocycles. The van der Waals surface area contributed by atoms with Crippen molar-refractivity contribution in [2.45, 2.75) is 38.5 Å². The van der Waals surface area contributed by atoms with Crippen molar-refractivity contribution in [3.63, 3.8) is 0 Å². The monoisotopic (exact) mass is 356 g/mol. The Labute approximate surface area is 135 Å². The molecule has 0 saturated carbocycles. The molecule has 21 heavy (non-hydrogen) atoms. The molecule has 1 aliphatic rings. The van der Waals surface area contributed by atoms with E-state index < -0.39 is 0 Å². The molecule has 2 rings (SSSR count). The first-order valence-electron chi connectivity index (χ1n) is 7.45.